The van der Waals surface area contributed by atoms with Crippen LogP contribution in [0.4, 0.5) is 5.13 Å². The lowest BCUT2D eigenvalue weighted by molar-refractivity contribution is -0.127. The molecule has 0 spiro atoms. The summed E-state index contributed by atoms with van der Waals surface area (Å²) in [5.41, 5.74) is 8.06. The van der Waals surface area contributed by atoms with Crippen molar-refractivity contribution in [3.63, 3.8) is 0 Å². The molecule has 198 valence electrons. The van der Waals surface area contributed by atoms with E-state index in [1.807, 2.05) is 55.5 Å². The minimum Gasteiger partial charge on any atom is -0.465 e. The molecular weight excluding hydrogens is 508 g/mol. The normalized spacial score (nSPS) is 16.9. The molecule has 1 aromatic carbocycles. The summed E-state index contributed by atoms with van der Waals surface area (Å²) in [7, 11) is 1.24. The molecule has 38 heavy (non-hydrogen) atoms. The third-order valence-corrected chi connectivity index (χ3v) is 6.80. The van der Waals surface area contributed by atoms with Gasteiger partial charge in [-0.2, -0.15) is 0 Å². The highest BCUT2D eigenvalue weighted by Crippen LogP contribution is 2.27. The van der Waals surface area contributed by atoms with E-state index in [2.05, 4.69) is 20.4 Å². The van der Waals surface area contributed by atoms with Crippen LogP contribution >= 0.6 is 11.3 Å². The smallest absolute Gasteiger partial charge is 0.357 e. The van der Waals surface area contributed by atoms with Crippen molar-refractivity contribution in [1.82, 2.24) is 10.3 Å². The van der Waals surface area contributed by atoms with Crippen LogP contribution in [0.3, 0.4) is 0 Å². The molecule has 4 rings (SSSR count). The number of carbonyl (C=O) groups excluding carboxylic acids is 3. The number of hydrogen-bond donors (Lipinski definition) is 3. The van der Waals surface area contributed by atoms with Gasteiger partial charge in [-0.3, -0.25) is 9.59 Å². The minimum atomic E-state index is -1.23. The molecule has 0 saturated heterocycles. The van der Waals surface area contributed by atoms with Gasteiger partial charge in [0.15, 0.2) is 22.3 Å². The topological polar surface area (TPSA) is 142 Å². The van der Waals surface area contributed by atoms with E-state index in [1.54, 1.807) is 0 Å². The highest BCUT2D eigenvalue weighted by molar-refractivity contribution is 7.14. The number of nitrogens with two attached hydrogens (primary N) is 1. The van der Waals surface area contributed by atoms with Gasteiger partial charge in [0.1, 0.15) is 24.6 Å². The zero-order chi connectivity index (χ0) is 27.1. The van der Waals surface area contributed by atoms with E-state index in [1.165, 1.54) is 25.0 Å². The maximum absolute atomic E-state index is 13.4. The fourth-order valence-corrected chi connectivity index (χ4v) is 4.56. The molecule has 1 aromatic heterocycles. The summed E-state index contributed by atoms with van der Waals surface area (Å²) in [5, 5.41) is 7.10. The Balaban J connectivity index is 1.49. The van der Waals surface area contributed by atoms with Crippen LogP contribution in [0.5, 0.6) is 0 Å². The number of nitrogens with zero attached hydrogens (tertiary/aromatic N) is 1. The van der Waals surface area contributed by atoms with E-state index < -0.39 is 35.8 Å². The molecule has 11 heteroatoms. The molecule has 1 aliphatic carbocycles. The van der Waals surface area contributed by atoms with Crippen molar-refractivity contribution in [3.05, 3.63) is 94.8 Å². The fraction of sp³-hybridized carbons (Fsp3) is 0.259. The van der Waals surface area contributed by atoms with Gasteiger partial charge in [0, 0.05) is 11.3 Å². The van der Waals surface area contributed by atoms with Crippen molar-refractivity contribution in [2.45, 2.75) is 37.8 Å². The van der Waals surface area contributed by atoms with Crippen LogP contribution in [0.1, 0.15) is 41.7 Å². The highest BCUT2D eigenvalue weighted by atomic mass is 32.1. The van der Waals surface area contributed by atoms with Gasteiger partial charge >= 0.3 is 5.97 Å². The number of nitrogens with one attached hydrogen (secondary N) is 2. The predicted octanol–water partition coefficient (Wildman–Crippen LogP) is 3.49. The van der Waals surface area contributed by atoms with Crippen molar-refractivity contribution in [2.75, 3.05) is 12.4 Å². The molecule has 0 radical (unpaired) electrons. The molecule has 3 atom stereocenters. The Labute approximate surface area is 223 Å². The average molecular weight is 537 g/mol. The summed E-state index contributed by atoms with van der Waals surface area (Å²) in [4.78, 5) is 42.4. The van der Waals surface area contributed by atoms with Crippen molar-refractivity contribution in [3.8, 4) is 0 Å². The Bertz CT molecular complexity index is 1310. The fourth-order valence-electron chi connectivity index (χ4n) is 3.88. The predicted molar refractivity (Wildman–Crippen MR) is 142 cm³/mol. The van der Waals surface area contributed by atoms with Crippen LogP contribution in [0.15, 0.2) is 83.6 Å². The molecule has 0 fully saturated rings. The number of anilines is 1. The first-order chi connectivity index (χ1) is 18.4. The monoisotopic (exact) mass is 536 g/mol. The summed E-state index contributed by atoms with van der Waals surface area (Å²) in [6.45, 7) is 1.82. The van der Waals surface area contributed by atoms with Crippen LogP contribution in [-0.4, -0.2) is 42.0 Å². The molecule has 4 N–H and O–H groups in total. The van der Waals surface area contributed by atoms with E-state index >= 15 is 0 Å². The first-order valence-electron chi connectivity index (χ1n) is 11.9. The molecule has 2 heterocycles. The second-order valence-electron chi connectivity index (χ2n) is 8.58. The molecule has 2 amide bonds. The van der Waals surface area contributed by atoms with E-state index in [0.717, 1.165) is 35.3 Å². The Morgan fingerprint density at radius 1 is 1.16 bits per heavy atom. The molecule has 2 aromatic rings. The van der Waals surface area contributed by atoms with Gasteiger partial charge in [0.2, 0.25) is 11.8 Å². The second kappa shape index (κ2) is 12.3. The third-order valence-electron chi connectivity index (χ3n) is 6.04. The van der Waals surface area contributed by atoms with Gasteiger partial charge in [0.25, 0.3) is 0 Å². The van der Waals surface area contributed by atoms with Crippen molar-refractivity contribution < 1.29 is 28.6 Å². The second-order valence-corrected chi connectivity index (χ2v) is 9.44. The first-order valence-corrected chi connectivity index (χ1v) is 12.8. The summed E-state index contributed by atoms with van der Waals surface area (Å²) < 4.78 is 15.9. The average Bonchev–Trinajstić information content (AvgIpc) is 3.44. The van der Waals surface area contributed by atoms with Crippen LogP contribution in [0, 0.1) is 0 Å². The number of carbonyl (C=O) groups is 3. The lowest BCUT2D eigenvalue weighted by Crippen LogP contribution is -2.52. The first kappa shape index (κ1) is 26.8. The number of benzene rings is 1. The van der Waals surface area contributed by atoms with Crippen LogP contribution in [0.2, 0.25) is 0 Å². The number of aromatic nitrogens is 1. The number of esters is 1. The van der Waals surface area contributed by atoms with Crippen molar-refractivity contribution in [1.29, 1.82) is 0 Å². The van der Waals surface area contributed by atoms with Gasteiger partial charge in [0.05, 0.1) is 7.11 Å². The highest BCUT2D eigenvalue weighted by Gasteiger charge is 2.33. The van der Waals surface area contributed by atoms with Gasteiger partial charge < -0.3 is 30.6 Å². The number of thiazole rings is 1. The summed E-state index contributed by atoms with van der Waals surface area (Å²) >= 11 is 1.06. The van der Waals surface area contributed by atoms with E-state index in [4.69, 9.17) is 15.2 Å². The molecule has 2 aliphatic rings. The number of amides is 2. The van der Waals surface area contributed by atoms with Crippen molar-refractivity contribution in [2.24, 2.45) is 5.73 Å². The number of rotatable bonds is 9. The van der Waals surface area contributed by atoms with E-state index in [0.29, 0.717) is 5.76 Å². The number of ether oxygens (including phenoxy) is 3. The summed E-state index contributed by atoms with van der Waals surface area (Å²) in [5.74, 6) is -1.61. The molecule has 1 aliphatic heterocycles. The van der Waals surface area contributed by atoms with E-state index in [-0.39, 0.29) is 16.6 Å². The zero-order valence-corrected chi connectivity index (χ0v) is 21.7. The Hall–Kier alpha value is -4.22. The van der Waals surface area contributed by atoms with Gasteiger partial charge in [-0.05, 0) is 24.0 Å². The van der Waals surface area contributed by atoms with Gasteiger partial charge in [-0.25, -0.2) is 9.78 Å². The molecule has 0 unspecified atom stereocenters. The summed E-state index contributed by atoms with van der Waals surface area (Å²) in [6.07, 6.45) is 10.3. The Kier molecular flexibility index (Phi) is 8.72. The molecular formula is C27H28N4O6S. The van der Waals surface area contributed by atoms with Crippen LogP contribution in [-0.2, 0) is 23.8 Å². The standard InChI is InChI=1S/C27H28N4O6S/c1-16(17-9-5-3-6-10-17)23(25(33)31-27-29-19(15-38-27)26(34)35-2)30-24(32)22(28)21-14-36-13-20(37-21)18-11-7-4-8-12-18/h3-7,9-11,13-16,22-23H,8,12,28H2,1-2H3,(H,30,32)(H,29,31,33)/t16-,22+,23-/m0/s1. The number of methoxy groups -OCH3 is 1. The maximum atomic E-state index is 13.4. The lowest BCUT2D eigenvalue weighted by atomic mass is 9.92. The minimum absolute atomic E-state index is 0.0698. The number of allylic oxidation sites excluding steroid dienone is 4. The zero-order valence-electron chi connectivity index (χ0n) is 20.9. The SMILES string of the molecule is COC(=O)c1csc(NC(=O)[C@@H](NC(=O)[C@H](N)C2=COC=C(C3=CC=CCC3)O2)[C@@H](C)c2ccccc2)n1. The molecule has 0 bridgehead atoms. The lowest BCUT2D eigenvalue weighted by Gasteiger charge is -2.27. The summed E-state index contributed by atoms with van der Waals surface area (Å²) in [6, 6.07) is 7.02. The Morgan fingerprint density at radius 2 is 1.95 bits per heavy atom. The van der Waals surface area contributed by atoms with Gasteiger partial charge in [-0.15, -0.1) is 11.3 Å². The quantitative estimate of drug-likeness (QED) is 0.414. The molecule has 0 saturated carbocycles. The van der Waals surface area contributed by atoms with Crippen LogP contribution < -0.4 is 16.4 Å². The largest absolute Gasteiger partial charge is 0.465 e. The maximum Gasteiger partial charge on any atom is 0.357 e. The Morgan fingerprint density at radius 3 is 2.66 bits per heavy atom. The number of hydrogen-bond acceptors (Lipinski definition) is 9. The molecule has 10 nitrogen and oxygen atoms in total. The van der Waals surface area contributed by atoms with Crippen molar-refractivity contribution >= 4 is 34.3 Å². The van der Waals surface area contributed by atoms with E-state index in [9.17, 15) is 14.4 Å². The van der Waals surface area contributed by atoms with Gasteiger partial charge in [-0.1, -0.05) is 55.5 Å². The van der Waals surface area contributed by atoms with Crippen LogP contribution in [0.25, 0.3) is 0 Å². The third kappa shape index (κ3) is 6.36.